The molecule has 0 saturated heterocycles. The second-order valence-corrected chi connectivity index (χ2v) is 7.73. The zero-order chi connectivity index (χ0) is 18.1. The first-order valence-corrected chi connectivity index (χ1v) is 9.46. The van der Waals surface area contributed by atoms with E-state index in [4.69, 9.17) is 0 Å². The van der Waals surface area contributed by atoms with Crippen molar-refractivity contribution < 1.29 is 4.79 Å². The van der Waals surface area contributed by atoms with Crippen molar-refractivity contribution in [1.29, 1.82) is 0 Å². The molecule has 0 aromatic carbocycles. The molecule has 0 aromatic heterocycles. The van der Waals surface area contributed by atoms with Crippen LogP contribution in [0.2, 0.25) is 0 Å². The van der Waals surface area contributed by atoms with Gasteiger partial charge in [0.1, 0.15) is 0 Å². The van der Waals surface area contributed by atoms with Crippen LogP contribution in [0, 0.1) is 11.8 Å². The van der Waals surface area contributed by atoms with Crippen molar-refractivity contribution in [2.75, 3.05) is 0 Å². The number of hydrogen-bond acceptors (Lipinski definition) is 1. The van der Waals surface area contributed by atoms with Crippen LogP contribution < -0.4 is 0 Å². The van der Waals surface area contributed by atoms with Crippen LogP contribution in [0.1, 0.15) is 80.1 Å². The number of carbonyl (C=O) groups is 1. The van der Waals surface area contributed by atoms with Gasteiger partial charge in [0, 0.05) is 5.92 Å². The first kappa shape index (κ1) is 20.7. The molecule has 0 radical (unpaired) electrons. The first-order chi connectivity index (χ1) is 11.3. The first-order valence-electron chi connectivity index (χ1n) is 9.46. The predicted octanol–water partition coefficient (Wildman–Crippen LogP) is 6.97. The summed E-state index contributed by atoms with van der Waals surface area (Å²) in [4.78, 5) is 12.1. The molecule has 0 spiro atoms. The molecule has 2 unspecified atom stereocenters. The van der Waals surface area contributed by atoms with E-state index in [-0.39, 0.29) is 5.92 Å². The Morgan fingerprint density at radius 2 is 1.62 bits per heavy atom. The quantitative estimate of drug-likeness (QED) is 0.440. The SMILES string of the molecule is CC(C)=CCC/C(C)=C/CC/C(C)=C/CC1CC=C(C)C(=O)C1C. The molecule has 0 aromatic rings. The van der Waals surface area contributed by atoms with Crippen molar-refractivity contribution in [2.45, 2.75) is 80.1 Å². The molecule has 0 N–H and O–H groups in total. The molecule has 1 rings (SSSR count). The Morgan fingerprint density at radius 1 is 1.04 bits per heavy atom. The van der Waals surface area contributed by atoms with Gasteiger partial charge < -0.3 is 0 Å². The van der Waals surface area contributed by atoms with Gasteiger partial charge >= 0.3 is 0 Å². The third-order valence-corrected chi connectivity index (χ3v) is 5.13. The van der Waals surface area contributed by atoms with E-state index < -0.39 is 0 Å². The lowest BCUT2D eigenvalue weighted by Crippen LogP contribution is -2.25. The van der Waals surface area contributed by atoms with Crippen molar-refractivity contribution in [3.8, 4) is 0 Å². The van der Waals surface area contributed by atoms with Crippen LogP contribution >= 0.6 is 0 Å². The predicted molar refractivity (Wildman–Crippen MR) is 106 cm³/mol. The average molecular weight is 329 g/mol. The van der Waals surface area contributed by atoms with Crippen LogP contribution in [0.5, 0.6) is 0 Å². The van der Waals surface area contributed by atoms with Gasteiger partial charge in [-0.15, -0.1) is 0 Å². The lowest BCUT2D eigenvalue weighted by molar-refractivity contribution is -0.120. The van der Waals surface area contributed by atoms with Crippen molar-refractivity contribution in [2.24, 2.45) is 11.8 Å². The molecule has 0 amide bonds. The standard InChI is InChI=1S/C23H36O/c1-17(2)9-7-10-18(3)11-8-12-19(4)13-15-22-16-14-20(5)23(24)21(22)6/h9,11,13-14,21-22H,7-8,10,12,15-16H2,1-6H3/b18-11+,19-13+. The third-order valence-electron chi connectivity index (χ3n) is 5.13. The van der Waals surface area contributed by atoms with Crippen LogP contribution in [0.15, 0.2) is 46.6 Å². The second kappa shape index (κ2) is 10.5. The molecule has 24 heavy (non-hydrogen) atoms. The molecule has 2 atom stereocenters. The smallest absolute Gasteiger partial charge is 0.161 e. The fourth-order valence-electron chi connectivity index (χ4n) is 3.20. The lowest BCUT2D eigenvalue weighted by Gasteiger charge is -2.25. The number of allylic oxidation sites excluding steroid dienone is 8. The van der Waals surface area contributed by atoms with Crippen LogP contribution in [0.4, 0.5) is 0 Å². The summed E-state index contributed by atoms with van der Waals surface area (Å²) in [6, 6.07) is 0. The fraction of sp³-hybridized carbons (Fsp3) is 0.609. The molecule has 0 saturated carbocycles. The maximum absolute atomic E-state index is 12.1. The Bertz CT molecular complexity index is 538. The number of carbonyl (C=O) groups excluding carboxylic acids is 1. The molecule has 134 valence electrons. The number of ketones is 1. The number of hydrogen-bond donors (Lipinski definition) is 0. The molecule has 0 aliphatic heterocycles. The van der Waals surface area contributed by atoms with Gasteiger partial charge in [-0.2, -0.15) is 0 Å². The summed E-state index contributed by atoms with van der Waals surface area (Å²) in [6.07, 6.45) is 15.8. The highest BCUT2D eigenvalue weighted by atomic mass is 16.1. The van der Waals surface area contributed by atoms with Crippen molar-refractivity contribution in [3.63, 3.8) is 0 Å². The summed E-state index contributed by atoms with van der Waals surface area (Å²) in [5.74, 6) is 1.00. The van der Waals surface area contributed by atoms with E-state index in [0.717, 1.165) is 37.7 Å². The Balaban J connectivity index is 2.37. The Morgan fingerprint density at radius 3 is 2.25 bits per heavy atom. The van der Waals surface area contributed by atoms with Gasteiger partial charge in [0.15, 0.2) is 5.78 Å². The summed E-state index contributed by atoms with van der Waals surface area (Å²) in [6.45, 7) is 12.8. The second-order valence-electron chi connectivity index (χ2n) is 7.73. The topological polar surface area (TPSA) is 17.1 Å². The fourth-order valence-corrected chi connectivity index (χ4v) is 3.20. The molecule has 1 heteroatoms. The minimum absolute atomic E-state index is 0.177. The lowest BCUT2D eigenvalue weighted by atomic mass is 9.78. The van der Waals surface area contributed by atoms with E-state index in [2.05, 4.69) is 58.9 Å². The Kier molecular flexibility index (Phi) is 9.03. The number of Topliss-reactive ketones (excluding diaryl/α,β-unsaturated/α-hetero) is 1. The van der Waals surface area contributed by atoms with E-state index in [1.54, 1.807) is 0 Å². The van der Waals surface area contributed by atoms with E-state index in [1.165, 1.54) is 23.1 Å². The van der Waals surface area contributed by atoms with Gasteiger partial charge in [0.05, 0.1) is 0 Å². The summed E-state index contributed by atoms with van der Waals surface area (Å²) < 4.78 is 0. The Hall–Kier alpha value is -1.37. The van der Waals surface area contributed by atoms with Gasteiger partial charge in [-0.3, -0.25) is 4.79 Å². The molecular weight excluding hydrogens is 292 g/mol. The summed E-state index contributed by atoms with van der Waals surface area (Å²) in [5, 5.41) is 0. The molecule has 1 aliphatic rings. The van der Waals surface area contributed by atoms with Crippen LogP contribution in [0.25, 0.3) is 0 Å². The minimum Gasteiger partial charge on any atom is -0.294 e. The summed E-state index contributed by atoms with van der Waals surface area (Å²) in [7, 11) is 0. The molecule has 1 aliphatic carbocycles. The molecule has 0 bridgehead atoms. The van der Waals surface area contributed by atoms with Crippen molar-refractivity contribution in [1.82, 2.24) is 0 Å². The average Bonchev–Trinajstić information content (AvgIpc) is 2.51. The van der Waals surface area contributed by atoms with Gasteiger partial charge in [0.25, 0.3) is 0 Å². The summed E-state index contributed by atoms with van der Waals surface area (Å²) >= 11 is 0. The Labute approximate surface area is 149 Å². The van der Waals surface area contributed by atoms with E-state index in [9.17, 15) is 4.79 Å². The van der Waals surface area contributed by atoms with Crippen molar-refractivity contribution >= 4 is 5.78 Å². The zero-order valence-electron chi connectivity index (χ0n) is 16.6. The monoisotopic (exact) mass is 328 g/mol. The van der Waals surface area contributed by atoms with Gasteiger partial charge in [-0.05, 0) is 84.6 Å². The van der Waals surface area contributed by atoms with Crippen LogP contribution in [-0.4, -0.2) is 5.78 Å². The van der Waals surface area contributed by atoms with Gasteiger partial charge in [-0.1, -0.05) is 47.9 Å². The highest BCUT2D eigenvalue weighted by molar-refractivity contribution is 5.97. The molecule has 1 nitrogen and oxygen atoms in total. The van der Waals surface area contributed by atoms with E-state index >= 15 is 0 Å². The van der Waals surface area contributed by atoms with E-state index in [0.29, 0.717) is 11.7 Å². The maximum Gasteiger partial charge on any atom is 0.161 e. The normalized spacial score (nSPS) is 22.4. The van der Waals surface area contributed by atoms with Crippen LogP contribution in [-0.2, 0) is 4.79 Å². The summed E-state index contributed by atoms with van der Waals surface area (Å²) in [5.41, 5.74) is 5.30. The largest absolute Gasteiger partial charge is 0.294 e. The van der Waals surface area contributed by atoms with Crippen molar-refractivity contribution in [3.05, 3.63) is 46.6 Å². The highest BCUT2D eigenvalue weighted by Gasteiger charge is 2.26. The third kappa shape index (κ3) is 7.47. The van der Waals surface area contributed by atoms with E-state index in [1.807, 2.05) is 6.92 Å². The van der Waals surface area contributed by atoms with Crippen LogP contribution in [0.3, 0.4) is 0 Å². The number of rotatable bonds is 8. The maximum atomic E-state index is 12.1. The molecule has 0 heterocycles. The van der Waals surface area contributed by atoms with Gasteiger partial charge in [0.2, 0.25) is 0 Å². The minimum atomic E-state index is 0.177. The zero-order valence-corrected chi connectivity index (χ0v) is 16.6. The molecule has 0 fully saturated rings. The van der Waals surface area contributed by atoms with Gasteiger partial charge in [-0.25, -0.2) is 0 Å². The molecular formula is C23H36O. The highest BCUT2D eigenvalue weighted by Crippen LogP contribution is 2.29.